The molecule has 0 saturated heterocycles. The molecule has 0 fully saturated rings. The Labute approximate surface area is 145 Å². The zero-order chi connectivity index (χ0) is 18.2. The molecular weight excluding hydrogens is 320 g/mol. The summed E-state index contributed by atoms with van der Waals surface area (Å²) in [6.45, 7) is 2.02. The van der Waals surface area contributed by atoms with Crippen molar-refractivity contribution in [3.8, 4) is 0 Å². The van der Waals surface area contributed by atoms with Gasteiger partial charge in [0.05, 0.1) is 5.56 Å². The van der Waals surface area contributed by atoms with E-state index in [1.165, 1.54) is 24.3 Å². The average Bonchev–Trinajstić information content (AvgIpc) is 2.61. The molecule has 0 heterocycles. The van der Waals surface area contributed by atoms with Crippen molar-refractivity contribution >= 4 is 29.2 Å². The number of carbonyl (C=O) groups is 3. The van der Waals surface area contributed by atoms with E-state index in [1.54, 1.807) is 24.3 Å². The Morgan fingerprint density at radius 3 is 1.88 bits per heavy atom. The molecule has 6 heteroatoms. The first-order valence-electron chi connectivity index (χ1n) is 8.04. The molecule has 0 bridgehead atoms. The number of anilines is 2. The van der Waals surface area contributed by atoms with Crippen LogP contribution in [0.3, 0.4) is 0 Å². The molecule has 0 unspecified atom stereocenters. The number of carbonyl (C=O) groups excluding carboxylic acids is 2. The molecular formula is C19H20N2O4. The quantitative estimate of drug-likeness (QED) is 0.715. The van der Waals surface area contributed by atoms with Crippen molar-refractivity contribution in [2.45, 2.75) is 26.2 Å². The Hall–Kier alpha value is -3.15. The lowest BCUT2D eigenvalue weighted by molar-refractivity contribution is -0.116. The maximum absolute atomic E-state index is 12.2. The predicted octanol–water partition coefficient (Wildman–Crippen LogP) is 3.77. The molecule has 6 nitrogen and oxygen atoms in total. The largest absolute Gasteiger partial charge is 0.478 e. The lowest BCUT2D eigenvalue weighted by atomic mass is 10.1. The Morgan fingerprint density at radius 2 is 1.36 bits per heavy atom. The van der Waals surface area contributed by atoms with Crippen molar-refractivity contribution in [1.29, 1.82) is 0 Å². The molecule has 0 spiro atoms. The molecule has 2 aromatic rings. The van der Waals surface area contributed by atoms with Gasteiger partial charge in [-0.2, -0.15) is 0 Å². The fourth-order valence-corrected chi connectivity index (χ4v) is 2.17. The van der Waals surface area contributed by atoms with E-state index in [-0.39, 0.29) is 17.4 Å². The number of benzene rings is 2. The number of amides is 2. The normalized spacial score (nSPS) is 10.1. The van der Waals surface area contributed by atoms with E-state index in [1.807, 2.05) is 6.92 Å². The van der Waals surface area contributed by atoms with E-state index in [4.69, 9.17) is 5.11 Å². The average molecular weight is 340 g/mol. The van der Waals surface area contributed by atoms with Gasteiger partial charge in [-0.05, 0) is 55.0 Å². The number of unbranched alkanes of at least 4 members (excludes halogenated alkanes) is 1. The van der Waals surface area contributed by atoms with E-state index in [9.17, 15) is 14.4 Å². The van der Waals surface area contributed by atoms with Crippen LogP contribution in [0, 0.1) is 0 Å². The van der Waals surface area contributed by atoms with Gasteiger partial charge in [0.1, 0.15) is 0 Å². The first-order chi connectivity index (χ1) is 12.0. The topological polar surface area (TPSA) is 95.5 Å². The highest BCUT2D eigenvalue weighted by Crippen LogP contribution is 2.14. The maximum atomic E-state index is 12.2. The van der Waals surface area contributed by atoms with Gasteiger partial charge in [-0.25, -0.2) is 4.79 Å². The van der Waals surface area contributed by atoms with Gasteiger partial charge in [-0.3, -0.25) is 9.59 Å². The number of hydrogen-bond donors (Lipinski definition) is 3. The second kappa shape index (κ2) is 8.63. The third-order valence-corrected chi connectivity index (χ3v) is 3.58. The Morgan fingerprint density at radius 1 is 0.840 bits per heavy atom. The number of carboxylic acid groups (broad SMARTS) is 1. The summed E-state index contributed by atoms with van der Waals surface area (Å²) in [7, 11) is 0. The van der Waals surface area contributed by atoms with Crippen LogP contribution < -0.4 is 10.6 Å². The molecule has 0 aliphatic heterocycles. The van der Waals surface area contributed by atoms with Crippen molar-refractivity contribution in [3.05, 3.63) is 59.7 Å². The third-order valence-electron chi connectivity index (χ3n) is 3.58. The number of hydrogen-bond acceptors (Lipinski definition) is 3. The number of carboxylic acids is 1. The summed E-state index contributed by atoms with van der Waals surface area (Å²) in [5, 5.41) is 14.3. The number of rotatable bonds is 7. The van der Waals surface area contributed by atoms with E-state index in [2.05, 4.69) is 10.6 Å². The van der Waals surface area contributed by atoms with Crippen molar-refractivity contribution in [2.75, 3.05) is 10.6 Å². The molecule has 0 aliphatic rings. The van der Waals surface area contributed by atoms with Gasteiger partial charge in [-0.1, -0.05) is 13.3 Å². The molecule has 0 saturated carbocycles. The maximum Gasteiger partial charge on any atom is 0.335 e. The molecule has 0 atom stereocenters. The van der Waals surface area contributed by atoms with Gasteiger partial charge >= 0.3 is 5.97 Å². The van der Waals surface area contributed by atoms with Crippen molar-refractivity contribution in [2.24, 2.45) is 0 Å². The second-order valence-electron chi connectivity index (χ2n) is 5.57. The SMILES string of the molecule is CCCCC(=O)Nc1ccc(C(=O)Nc2ccc(C(=O)O)cc2)cc1. The van der Waals surface area contributed by atoms with Crippen LogP contribution >= 0.6 is 0 Å². The zero-order valence-corrected chi connectivity index (χ0v) is 13.9. The Bertz CT molecular complexity index is 752. The first-order valence-corrected chi connectivity index (χ1v) is 8.04. The van der Waals surface area contributed by atoms with Crippen LogP contribution in [0.25, 0.3) is 0 Å². The number of nitrogens with one attached hydrogen (secondary N) is 2. The smallest absolute Gasteiger partial charge is 0.335 e. The highest BCUT2D eigenvalue weighted by atomic mass is 16.4. The van der Waals surface area contributed by atoms with Gasteiger partial charge < -0.3 is 15.7 Å². The summed E-state index contributed by atoms with van der Waals surface area (Å²) in [5.41, 5.74) is 1.74. The van der Waals surface area contributed by atoms with Crippen molar-refractivity contribution in [3.63, 3.8) is 0 Å². The van der Waals surface area contributed by atoms with Crippen molar-refractivity contribution in [1.82, 2.24) is 0 Å². The van der Waals surface area contributed by atoms with Crippen LogP contribution in [0.15, 0.2) is 48.5 Å². The fourth-order valence-electron chi connectivity index (χ4n) is 2.17. The Balaban J connectivity index is 1.95. The standard InChI is InChI=1S/C19H20N2O4/c1-2-3-4-17(22)20-15-9-5-13(6-10-15)18(23)21-16-11-7-14(8-12-16)19(24)25/h5-12H,2-4H2,1H3,(H,20,22)(H,21,23)(H,24,25). The highest BCUT2D eigenvalue weighted by molar-refractivity contribution is 6.04. The van der Waals surface area contributed by atoms with Crippen molar-refractivity contribution < 1.29 is 19.5 Å². The first kappa shape index (κ1) is 18.2. The predicted molar refractivity (Wildman–Crippen MR) is 96.0 cm³/mol. The van der Waals surface area contributed by atoms with E-state index in [0.717, 1.165) is 12.8 Å². The van der Waals surface area contributed by atoms with Crippen LogP contribution in [0.4, 0.5) is 11.4 Å². The summed E-state index contributed by atoms with van der Waals surface area (Å²) < 4.78 is 0. The minimum Gasteiger partial charge on any atom is -0.478 e. The van der Waals surface area contributed by atoms with Gasteiger partial charge in [0.2, 0.25) is 5.91 Å². The van der Waals surface area contributed by atoms with Crippen LogP contribution in [0.1, 0.15) is 46.9 Å². The summed E-state index contributed by atoms with van der Waals surface area (Å²) in [6.07, 6.45) is 2.28. The lowest BCUT2D eigenvalue weighted by Gasteiger charge is -2.08. The van der Waals surface area contributed by atoms with Crippen LogP contribution in [-0.4, -0.2) is 22.9 Å². The Kier molecular flexibility index (Phi) is 6.28. The zero-order valence-electron chi connectivity index (χ0n) is 13.9. The molecule has 0 radical (unpaired) electrons. The summed E-state index contributed by atoms with van der Waals surface area (Å²) >= 11 is 0. The minimum atomic E-state index is -1.02. The van der Waals surface area contributed by atoms with Crippen LogP contribution in [0.2, 0.25) is 0 Å². The molecule has 2 rings (SSSR count). The molecule has 0 aromatic heterocycles. The fraction of sp³-hybridized carbons (Fsp3) is 0.211. The molecule has 25 heavy (non-hydrogen) atoms. The van der Waals surface area contributed by atoms with Gasteiger partial charge in [0.25, 0.3) is 5.91 Å². The van der Waals surface area contributed by atoms with Gasteiger partial charge in [0.15, 0.2) is 0 Å². The number of aromatic carboxylic acids is 1. The molecule has 0 aliphatic carbocycles. The minimum absolute atomic E-state index is 0.0439. The molecule has 3 N–H and O–H groups in total. The summed E-state index contributed by atoms with van der Waals surface area (Å²) in [5.74, 6) is -1.38. The van der Waals surface area contributed by atoms with Crippen LogP contribution in [-0.2, 0) is 4.79 Å². The molecule has 2 aromatic carbocycles. The van der Waals surface area contributed by atoms with E-state index < -0.39 is 5.97 Å². The van der Waals surface area contributed by atoms with Crippen LogP contribution in [0.5, 0.6) is 0 Å². The second-order valence-corrected chi connectivity index (χ2v) is 5.57. The highest BCUT2D eigenvalue weighted by Gasteiger charge is 2.08. The molecule has 2 amide bonds. The van der Waals surface area contributed by atoms with Gasteiger partial charge in [0, 0.05) is 23.4 Å². The molecule has 130 valence electrons. The van der Waals surface area contributed by atoms with E-state index >= 15 is 0 Å². The third kappa shape index (κ3) is 5.46. The monoisotopic (exact) mass is 340 g/mol. The van der Waals surface area contributed by atoms with Gasteiger partial charge in [-0.15, -0.1) is 0 Å². The van der Waals surface area contributed by atoms with E-state index in [0.29, 0.717) is 23.4 Å². The lowest BCUT2D eigenvalue weighted by Crippen LogP contribution is -2.13. The summed E-state index contributed by atoms with van der Waals surface area (Å²) in [6, 6.07) is 12.5. The summed E-state index contributed by atoms with van der Waals surface area (Å²) in [4.78, 5) is 34.7.